The highest BCUT2D eigenvalue weighted by atomic mass is 127. The molecular weight excluding hydrogens is 375 g/mol. The average molecular weight is 395 g/mol. The van der Waals surface area contributed by atoms with Crippen LogP contribution in [0.4, 0.5) is 0 Å². The van der Waals surface area contributed by atoms with Gasteiger partial charge in [-0.1, -0.05) is 6.07 Å². The Labute approximate surface area is 134 Å². The molecule has 2 N–H and O–H groups in total. The first kappa shape index (κ1) is 16.7. The van der Waals surface area contributed by atoms with Crippen LogP contribution in [0.15, 0.2) is 18.2 Å². The van der Waals surface area contributed by atoms with Crippen molar-refractivity contribution in [3.05, 3.63) is 32.9 Å². The van der Waals surface area contributed by atoms with Gasteiger partial charge in [0, 0.05) is 21.2 Å². The average Bonchev–Trinajstić information content (AvgIpc) is 2.35. The fourth-order valence-corrected chi connectivity index (χ4v) is 2.74. The summed E-state index contributed by atoms with van der Waals surface area (Å²) in [6.07, 6.45) is 2.18. The number of benzene rings is 1. The van der Waals surface area contributed by atoms with E-state index in [0.717, 1.165) is 28.5 Å². The molecule has 0 radical (unpaired) electrons. The molecule has 0 bridgehead atoms. The van der Waals surface area contributed by atoms with Crippen molar-refractivity contribution in [2.24, 2.45) is 0 Å². The molecule has 1 aliphatic heterocycles. The van der Waals surface area contributed by atoms with Crippen LogP contribution in [0.2, 0.25) is 0 Å². The lowest BCUT2D eigenvalue weighted by Crippen LogP contribution is -2.51. The zero-order valence-corrected chi connectivity index (χ0v) is 14.2. The lowest BCUT2D eigenvalue weighted by Gasteiger charge is -2.30. The van der Waals surface area contributed by atoms with Crippen molar-refractivity contribution in [1.82, 2.24) is 10.6 Å². The summed E-state index contributed by atoms with van der Waals surface area (Å²) >= 11 is 2.27. The van der Waals surface area contributed by atoms with E-state index in [1.54, 1.807) is 0 Å². The molecule has 1 fully saturated rings. The number of hydrogen-bond acceptors (Lipinski definition) is 2. The topological polar surface area (TPSA) is 41.1 Å². The van der Waals surface area contributed by atoms with Crippen LogP contribution >= 0.6 is 35.0 Å². The number of aryl methyl sites for hydroxylation is 1. The minimum absolute atomic E-state index is 0. The summed E-state index contributed by atoms with van der Waals surface area (Å²) in [7, 11) is 0. The first-order valence-electron chi connectivity index (χ1n) is 6.38. The number of carbonyl (C=O) groups excluding carboxylic acids is 1. The maximum atomic E-state index is 12.2. The van der Waals surface area contributed by atoms with Gasteiger partial charge in [0.1, 0.15) is 0 Å². The van der Waals surface area contributed by atoms with Gasteiger partial charge in [-0.05, 0) is 73.5 Å². The number of amides is 1. The van der Waals surface area contributed by atoms with E-state index >= 15 is 0 Å². The zero-order valence-electron chi connectivity index (χ0n) is 11.2. The van der Waals surface area contributed by atoms with Crippen LogP contribution in [0.1, 0.15) is 35.7 Å². The zero-order chi connectivity index (χ0) is 13.1. The molecule has 0 spiro atoms. The molecule has 1 aliphatic rings. The quantitative estimate of drug-likeness (QED) is 0.757. The summed E-state index contributed by atoms with van der Waals surface area (Å²) in [5.74, 6) is 0.0356. The largest absolute Gasteiger partial charge is 0.348 e. The van der Waals surface area contributed by atoms with Crippen LogP contribution in [0.3, 0.4) is 0 Å². The molecular formula is C14H20ClIN2O. The van der Waals surface area contributed by atoms with Crippen molar-refractivity contribution in [3.8, 4) is 0 Å². The van der Waals surface area contributed by atoms with Gasteiger partial charge in [0.15, 0.2) is 0 Å². The molecule has 3 nitrogen and oxygen atoms in total. The number of nitrogens with one attached hydrogen (secondary N) is 2. The molecule has 1 saturated heterocycles. The summed E-state index contributed by atoms with van der Waals surface area (Å²) in [4.78, 5) is 12.2. The Morgan fingerprint density at radius 2 is 2.21 bits per heavy atom. The highest BCUT2D eigenvalue weighted by Gasteiger charge is 2.22. The summed E-state index contributed by atoms with van der Waals surface area (Å²) in [6, 6.07) is 6.44. The lowest BCUT2D eigenvalue weighted by atomic mass is 9.99. The summed E-state index contributed by atoms with van der Waals surface area (Å²) in [5.41, 5.74) is 1.96. The number of carbonyl (C=O) groups is 1. The molecule has 2 rings (SSSR count). The predicted molar refractivity (Wildman–Crippen MR) is 89.1 cm³/mol. The van der Waals surface area contributed by atoms with E-state index in [1.807, 2.05) is 18.2 Å². The van der Waals surface area contributed by atoms with Gasteiger partial charge in [-0.15, -0.1) is 12.4 Å². The maximum absolute atomic E-state index is 12.2. The fourth-order valence-electron chi connectivity index (χ4n) is 2.23. The van der Waals surface area contributed by atoms with Gasteiger partial charge in [0.2, 0.25) is 0 Å². The van der Waals surface area contributed by atoms with Crippen LogP contribution in [0.25, 0.3) is 0 Å². The van der Waals surface area contributed by atoms with E-state index in [4.69, 9.17) is 0 Å². The minimum atomic E-state index is 0. The Morgan fingerprint density at radius 1 is 1.47 bits per heavy atom. The molecule has 1 heterocycles. The number of piperidine rings is 1. The lowest BCUT2D eigenvalue weighted by molar-refractivity contribution is 0.0920. The molecule has 106 valence electrons. The van der Waals surface area contributed by atoms with E-state index < -0.39 is 0 Å². The van der Waals surface area contributed by atoms with Crippen molar-refractivity contribution >= 4 is 40.9 Å². The second kappa shape index (κ2) is 7.45. The molecule has 2 unspecified atom stereocenters. The van der Waals surface area contributed by atoms with Crippen molar-refractivity contribution in [2.75, 3.05) is 6.54 Å². The fraction of sp³-hybridized carbons (Fsp3) is 0.500. The van der Waals surface area contributed by atoms with E-state index in [9.17, 15) is 4.79 Å². The summed E-state index contributed by atoms with van der Waals surface area (Å²) in [5, 5.41) is 6.52. The third kappa shape index (κ3) is 4.33. The Hall–Kier alpha value is -0.330. The molecule has 1 aromatic carbocycles. The van der Waals surface area contributed by atoms with E-state index in [2.05, 4.69) is 47.1 Å². The summed E-state index contributed by atoms with van der Waals surface area (Å²) in [6.45, 7) is 5.23. The highest BCUT2D eigenvalue weighted by Crippen LogP contribution is 2.15. The number of rotatable bonds is 2. The minimum Gasteiger partial charge on any atom is -0.348 e. The van der Waals surface area contributed by atoms with Crippen LogP contribution in [0, 0.1) is 10.5 Å². The third-order valence-electron chi connectivity index (χ3n) is 3.51. The van der Waals surface area contributed by atoms with Crippen LogP contribution in [-0.4, -0.2) is 24.5 Å². The first-order valence-corrected chi connectivity index (χ1v) is 7.46. The Balaban J connectivity index is 0.00000180. The van der Waals surface area contributed by atoms with Crippen molar-refractivity contribution in [3.63, 3.8) is 0 Å². The summed E-state index contributed by atoms with van der Waals surface area (Å²) < 4.78 is 1.13. The van der Waals surface area contributed by atoms with Crippen LogP contribution in [0.5, 0.6) is 0 Å². The van der Waals surface area contributed by atoms with Gasteiger partial charge in [0.25, 0.3) is 5.91 Å². The monoisotopic (exact) mass is 394 g/mol. The number of hydrogen-bond donors (Lipinski definition) is 2. The van der Waals surface area contributed by atoms with Crippen LogP contribution < -0.4 is 10.6 Å². The van der Waals surface area contributed by atoms with E-state index in [0.29, 0.717) is 6.04 Å². The Bertz CT molecular complexity index is 453. The Morgan fingerprint density at radius 3 is 2.84 bits per heavy atom. The second-order valence-corrected chi connectivity index (χ2v) is 6.09. The molecule has 2 atom stereocenters. The van der Waals surface area contributed by atoms with Gasteiger partial charge >= 0.3 is 0 Å². The smallest absolute Gasteiger partial charge is 0.251 e. The van der Waals surface area contributed by atoms with Gasteiger partial charge in [-0.25, -0.2) is 0 Å². The van der Waals surface area contributed by atoms with Crippen molar-refractivity contribution < 1.29 is 4.79 Å². The van der Waals surface area contributed by atoms with E-state index in [-0.39, 0.29) is 24.4 Å². The van der Waals surface area contributed by atoms with Crippen molar-refractivity contribution in [2.45, 2.75) is 38.8 Å². The third-order valence-corrected chi connectivity index (χ3v) is 4.67. The first-order chi connectivity index (χ1) is 8.58. The molecule has 5 heteroatoms. The Kier molecular flexibility index (Phi) is 6.56. The van der Waals surface area contributed by atoms with Gasteiger partial charge in [0.05, 0.1) is 0 Å². The number of halogens is 2. The van der Waals surface area contributed by atoms with Crippen molar-refractivity contribution in [1.29, 1.82) is 0 Å². The predicted octanol–water partition coefficient (Wildman–Crippen LogP) is 2.89. The molecule has 0 aromatic heterocycles. The molecule has 0 saturated carbocycles. The second-order valence-electron chi connectivity index (χ2n) is 4.93. The molecule has 0 aliphatic carbocycles. The standard InChI is InChI=1S/C14H19IN2O.ClH/c1-9-5-6-11(8-12(9)15)14(18)17-13-4-3-7-16-10(13)2;/h5-6,8,10,13,16H,3-4,7H2,1-2H3,(H,17,18);1H. The van der Waals surface area contributed by atoms with Gasteiger partial charge in [-0.2, -0.15) is 0 Å². The molecule has 1 amide bonds. The normalized spacial score (nSPS) is 22.5. The SMILES string of the molecule is Cc1ccc(C(=O)NC2CCCNC2C)cc1I.Cl. The molecule has 19 heavy (non-hydrogen) atoms. The van der Waals surface area contributed by atoms with Gasteiger partial charge in [-0.3, -0.25) is 4.79 Å². The maximum Gasteiger partial charge on any atom is 0.251 e. The van der Waals surface area contributed by atoms with E-state index in [1.165, 1.54) is 5.56 Å². The van der Waals surface area contributed by atoms with Crippen LogP contribution in [-0.2, 0) is 0 Å². The van der Waals surface area contributed by atoms with Gasteiger partial charge < -0.3 is 10.6 Å². The highest BCUT2D eigenvalue weighted by molar-refractivity contribution is 14.1. The molecule has 1 aromatic rings.